The van der Waals surface area contributed by atoms with Crippen molar-refractivity contribution in [3.05, 3.63) is 51.8 Å². The van der Waals surface area contributed by atoms with Gasteiger partial charge in [-0.25, -0.2) is 9.67 Å². The summed E-state index contributed by atoms with van der Waals surface area (Å²) in [5.41, 5.74) is 7.25. The smallest absolute Gasteiger partial charge is 0.155 e. The maximum atomic E-state index is 10.1. The van der Waals surface area contributed by atoms with Crippen LogP contribution in [0.4, 0.5) is 0 Å². The molecule has 2 aromatic heterocycles. The van der Waals surface area contributed by atoms with E-state index >= 15 is 0 Å². The van der Waals surface area contributed by atoms with Gasteiger partial charge in [0.2, 0.25) is 0 Å². The first-order valence-corrected chi connectivity index (χ1v) is 11.3. The van der Waals surface area contributed by atoms with E-state index in [0.29, 0.717) is 0 Å². The molecule has 5 rings (SSSR count). The minimum absolute atomic E-state index is 0.723. The van der Waals surface area contributed by atoms with Gasteiger partial charge in [-0.3, -0.25) is 0 Å². The fraction of sp³-hybridized carbons (Fsp3) is 0.429. The van der Waals surface area contributed by atoms with Gasteiger partial charge in [-0.05, 0) is 74.6 Å². The highest BCUT2D eigenvalue weighted by Crippen LogP contribution is 2.38. The number of nitrogens with zero attached hydrogens (tertiary/aromatic N) is 3. The third-order valence-electron chi connectivity index (χ3n) is 5.54. The zero-order chi connectivity index (χ0) is 18.6. The van der Waals surface area contributed by atoms with Crippen molar-refractivity contribution in [3.63, 3.8) is 0 Å². The van der Waals surface area contributed by atoms with Gasteiger partial charge in [-0.2, -0.15) is 5.10 Å². The zero-order valence-corrected chi connectivity index (χ0v) is 17.3. The highest BCUT2D eigenvalue weighted by atomic mass is 32.2. The van der Waals surface area contributed by atoms with Crippen molar-refractivity contribution in [2.75, 3.05) is 0 Å². The number of aliphatic hydroxyl groups is 1. The van der Waals surface area contributed by atoms with E-state index in [4.69, 9.17) is 5.10 Å². The Hall–Kier alpha value is -1.63. The summed E-state index contributed by atoms with van der Waals surface area (Å²) in [5.74, 6) is 0. The monoisotopic (exact) mass is 397 g/mol. The second kappa shape index (κ2) is 6.47. The van der Waals surface area contributed by atoms with Crippen LogP contribution in [0.15, 0.2) is 33.1 Å². The first-order valence-electron chi connectivity index (χ1n) is 9.57. The molecule has 0 fully saturated rings. The summed E-state index contributed by atoms with van der Waals surface area (Å²) in [4.78, 5) is 5.66. The molecule has 2 heterocycles. The topological polar surface area (TPSA) is 50.9 Å². The molecule has 140 valence electrons. The van der Waals surface area contributed by atoms with Gasteiger partial charge in [0.15, 0.2) is 4.34 Å². The van der Waals surface area contributed by atoms with Gasteiger partial charge < -0.3 is 5.11 Å². The van der Waals surface area contributed by atoms with Crippen molar-refractivity contribution in [2.45, 2.75) is 67.2 Å². The van der Waals surface area contributed by atoms with Crippen molar-refractivity contribution in [3.8, 4) is 5.69 Å². The number of thiazole rings is 1. The van der Waals surface area contributed by atoms with Crippen LogP contribution in [-0.4, -0.2) is 19.9 Å². The molecule has 4 nitrogen and oxygen atoms in total. The number of hydrogen-bond acceptors (Lipinski definition) is 5. The quantitative estimate of drug-likeness (QED) is 0.694. The number of aryl methyl sites for hydroxylation is 2. The van der Waals surface area contributed by atoms with Crippen LogP contribution < -0.4 is 0 Å². The lowest BCUT2D eigenvalue weighted by atomic mass is 9.99. The molecule has 0 radical (unpaired) electrons. The molecular weight excluding hydrogens is 374 g/mol. The average Bonchev–Trinajstić information content (AvgIpc) is 3.39. The molecular formula is C21H23N3OS2. The molecule has 0 amide bonds. The Labute approximate surface area is 167 Å². The van der Waals surface area contributed by atoms with Gasteiger partial charge in [-0.1, -0.05) is 17.8 Å². The number of benzene rings is 1. The van der Waals surface area contributed by atoms with Crippen molar-refractivity contribution in [1.82, 2.24) is 14.8 Å². The lowest BCUT2D eigenvalue weighted by molar-refractivity contribution is 0.0741. The van der Waals surface area contributed by atoms with Gasteiger partial charge in [0.05, 0.1) is 22.5 Å². The van der Waals surface area contributed by atoms with E-state index < -0.39 is 5.60 Å². The number of aromatic nitrogens is 3. The van der Waals surface area contributed by atoms with Crippen molar-refractivity contribution in [2.24, 2.45) is 0 Å². The number of fused-ring (bicyclic) bond motifs is 2. The first kappa shape index (κ1) is 17.5. The molecule has 0 spiro atoms. The predicted molar refractivity (Wildman–Crippen MR) is 109 cm³/mol. The molecule has 1 aromatic carbocycles. The van der Waals surface area contributed by atoms with Crippen LogP contribution in [0.25, 0.3) is 5.69 Å². The average molecular weight is 398 g/mol. The minimum atomic E-state index is -0.898. The standard InChI is InChI=1S/C21H23N3OS2/c1-21(2,25)18-12-26-20(23-18)27-15-10-22-24(11-15)19-16-7-3-5-13(16)9-14-6-4-8-17(14)19/h9-12,25H,3-8H2,1-2H3. The van der Waals surface area contributed by atoms with Gasteiger partial charge in [0.1, 0.15) is 5.60 Å². The van der Waals surface area contributed by atoms with Gasteiger partial charge in [0.25, 0.3) is 0 Å². The molecule has 0 saturated carbocycles. The summed E-state index contributed by atoms with van der Waals surface area (Å²) >= 11 is 3.19. The SMILES string of the molecule is CC(C)(O)c1csc(Sc2cnn(-c3c4c(cc5c3CCC5)CCC4)c2)n1. The van der Waals surface area contributed by atoms with E-state index in [1.165, 1.54) is 66.5 Å². The molecule has 0 unspecified atom stereocenters. The molecule has 0 bridgehead atoms. The van der Waals surface area contributed by atoms with Gasteiger partial charge in [0, 0.05) is 11.6 Å². The third-order valence-corrected chi connectivity index (χ3v) is 7.43. The summed E-state index contributed by atoms with van der Waals surface area (Å²) in [6.07, 6.45) is 11.3. The maximum absolute atomic E-state index is 10.1. The molecule has 2 aliphatic rings. The molecule has 0 aliphatic heterocycles. The lowest BCUT2D eigenvalue weighted by Crippen LogP contribution is -2.15. The highest BCUT2D eigenvalue weighted by Gasteiger charge is 2.25. The van der Waals surface area contributed by atoms with Crippen LogP contribution in [0.3, 0.4) is 0 Å². The van der Waals surface area contributed by atoms with Crippen LogP contribution in [0, 0.1) is 0 Å². The summed E-state index contributed by atoms with van der Waals surface area (Å²) in [5, 5.41) is 16.8. The van der Waals surface area contributed by atoms with Crippen molar-refractivity contribution in [1.29, 1.82) is 0 Å². The number of hydrogen-bond donors (Lipinski definition) is 1. The first-order chi connectivity index (χ1) is 13.0. The molecule has 0 saturated heterocycles. The van der Waals surface area contributed by atoms with Crippen molar-refractivity contribution >= 4 is 23.1 Å². The van der Waals surface area contributed by atoms with E-state index in [1.54, 1.807) is 36.9 Å². The fourth-order valence-corrected chi connectivity index (χ4v) is 6.16. The Morgan fingerprint density at radius 3 is 2.44 bits per heavy atom. The summed E-state index contributed by atoms with van der Waals surface area (Å²) in [6.45, 7) is 3.54. The predicted octanol–water partition coefficient (Wildman–Crippen LogP) is 4.68. The van der Waals surface area contributed by atoms with Crippen LogP contribution in [-0.2, 0) is 31.3 Å². The molecule has 0 atom stereocenters. The van der Waals surface area contributed by atoms with Crippen LogP contribution in [0.5, 0.6) is 0 Å². The summed E-state index contributed by atoms with van der Waals surface area (Å²) in [6, 6.07) is 2.46. The molecule has 3 aromatic rings. The van der Waals surface area contributed by atoms with E-state index in [0.717, 1.165) is 14.9 Å². The van der Waals surface area contributed by atoms with Crippen LogP contribution >= 0.6 is 23.1 Å². The van der Waals surface area contributed by atoms with Crippen LogP contribution in [0.2, 0.25) is 0 Å². The molecule has 6 heteroatoms. The largest absolute Gasteiger partial charge is 0.384 e. The Balaban J connectivity index is 1.48. The fourth-order valence-electron chi connectivity index (χ4n) is 4.23. The normalized spacial score (nSPS) is 16.0. The summed E-state index contributed by atoms with van der Waals surface area (Å²) in [7, 11) is 0. The molecule has 2 aliphatic carbocycles. The van der Waals surface area contributed by atoms with E-state index in [9.17, 15) is 5.11 Å². The van der Waals surface area contributed by atoms with Gasteiger partial charge >= 0.3 is 0 Å². The second-order valence-electron chi connectivity index (χ2n) is 7.99. The van der Waals surface area contributed by atoms with Crippen molar-refractivity contribution < 1.29 is 5.11 Å². The maximum Gasteiger partial charge on any atom is 0.155 e. The minimum Gasteiger partial charge on any atom is -0.384 e. The Morgan fingerprint density at radius 1 is 1.11 bits per heavy atom. The Bertz CT molecular complexity index is 981. The van der Waals surface area contributed by atoms with E-state index in [-0.39, 0.29) is 0 Å². The number of rotatable bonds is 4. The Kier molecular flexibility index (Phi) is 4.18. The van der Waals surface area contributed by atoms with Crippen LogP contribution in [0.1, 0.15) is 54.6 Å². The Morgan fingerprint density at radius 2 is 1.81 bits per heavy atom. The third kappa shape index (κ3) is 3.13. The highest BCUT2D eigenvalue weighted by molar-refractivity contribution is 8.01. The van der Waals surface area contributed by atoms with E-state index in [2.05, 4.69) is 21.9 Å². The van der Waals surface area contributed by atoms with Gasteiger partial charge in [-0.15, -0.1) is 11.3 Å². The summed E-state index contributed by atoms with van der Waals surface area (Å²) < 4.78 is 3.04. The lowest BCUT2D eigenvalue weighted by Gasteiger charge is -2.14. The van der Waals surface area contributed by atoms with E-state index in [1.807, 2.05) is 11.6 Å². The second-order valence-corrected chi connectivity index (χ2v) is 10.2. The zero-order valence-electron chi connectivity index (χ0n) is 15.7. The molecule has 1 N–H and O–H groups in total. The molecule has 27 heavy (non-hydrogen) atoms.